The summed E-state index contributed by atoms with van der Waals surface area (Å²) in [6.07, 6.45) is 0.792. The zero-order valence-corrected chi connectivity index (χ0v) is 9.70. The Hall–Kier alpha value is -1.69. The van der Waals surface area contributed by atoms with E-state index in [0.29, 0.717) is 30.2 Å². The highest BCUT2D eigenvalue weighted by molar-refractivity contribution is 6.16. The molecule has 1 atom stereocenters. The number of carbonyl (C=O) groups is 2. The second-order valence-corrected chi connectivity index (χ2v) is 3.96. The highest BCUT2D eigenvalue weighted by Crippen LogP contribution is 2.11. The van der Waals surface area contributed by atoms with Gasteiger partial charge in [-0.05, 0) is 18.6 Å². The predicted molar refractivity (Wildman–Crippen MR) is 61.4 cm³/mol. The van der Waals surface area contributed by atoms with Crippen molar-refractivity contribution in [2.45, 2.75) is 24.8 Å². The smallest absolute Gasteiger partial charge is 0.249 e. The number of carbonyl (C=O) groups excluding carboxylic acids is 2. The van der Waals surface area contributed by atoms with Crippen LogP contribution in [0.5, 0.6) is 0 Å². The number of piperidine rings is 1. The average molecular weight is 255 g/mol. The fraction of sp³-hybridized carbons (Fsp3) is 0.400. The number of halogens is 1. The molecule has 1 saturated heterocycles. The fourth-order valence-electron chi connectivity index (χ4n) is 1.52. The highest BCUT2D eigenvalue weighted by atomic mass is 35.5. The lowest BCUT2D eigenvalue weighted by Crippen LogP contribution is -2.47. The van der Waals surface area contributed by atoms with Crippen LogP contribution in [-0.4, -0.2) is 28.1 Å². The molecule has 17 heavy (non-hydrogen) atoms. The highest BCUT2D eigenvalue weighted by Gasteiger charge is 2.26. The lowest BCUT2D eigenvalue weighted by Gasteiger charge is -2.21. The number of nitrogens with zero attached hydrogens (tertiary/aromatic N) is 2. The molecule has 1 aromatic heterocycles. The van der Waals surface area contributed by atoms with Crippen molar-refractivity contribution in [1.82, 2.24) is 15.5 Å². The molecular weight excluding hydrogens is 244 g/mol. The summed E-state index contributed by atoms with van der Waals surface area (Å²) in [7, 11) is 0. The molecule has 1 aliphatic rings. The van der Waals surface area contributed by atoms with Crippen LogP contribution in [0, 0.1) is 0 Å². The van der Waals surface area contributed by atoms with Crippen molar-refractivity contribution in [2.24, 2.45) is 0 Å². The first-order chi connectivity index (χ1) is 8.19. The Morgan fingerprint density at radius 1 is 1.41 bits per heavy atom. The van der Waals surface area contributed by atoms with E-state index >= 15 is 0 Å². The average Bonchev–Trinajstić information content (AvgIpc) is 2.34. The van der Waals surface area contributed by atoms with Crippen LogP contribution < -0.4 is 10.6 Å². The van der Waals surface area contributed by atoms with Gasteiger partial charge in [0.1, 0.15) is 11.9 Å². The zero-order valence-electron chi connectivity index (χ0n) is 8.94. The summed E-state index contributed by atoms with van der Waals surface area (Å²) in [6.45, 7) is 0. The molecule has 0 aliphatic carbocycles. The number of hydrogen-bond acceptors (Lipinski definition) is 5. The van der Waals surface area contributed by atoms with E-state index in [1.54, 1.807) is 12.1 Å². The van der Waals surface area contributed by atoms with E-state index in [1.165, 1.54) is 0 Å². The van der Waals surface area contributed by atoms with Gasteiger partial charge in [-0.2, -0.15) is 5.10 Å². The van der Waals surface area contributed by atoms with Gasteiger partial charge in [-0.25, -0.2) is 0 Å². The Kier molecular flexibility index (Phi) is 3.53. The molecule has 1 aromatic rings. The largest absolute Gasteiger partial charge is 0.357 e. The molecule has 6 nitrogen and oxygen atoms in total. The second kappa shape index (κ2) is 5.09. The first-order valence-electron chi connectivity index (χ1n) is 5.18. The van der Waals surface area contributed by atoms with Crippen molar-refractivity contribution in [1.29, 1.82) is 0 Å². The molecule has 0 bridgehead atoms. The molecule has 0 spiro atoms. The lowest BCUT2D eigenvalue weighted by atomic mass is 10.1. The van der Waals surface area contributed by atoms with Crippen LogP contribution in [0.1, 0.15) is 18.5 Å². The van der Waals surface area contributed by atoms with Crippen LogP contribution in [0.3, 0.4) is 0 Å². The third-order valence-electron chi connectivity index (χ3n) is 2.42. The van der Waals surface area contributed by atoms with Crippen molar-refractivity contribution in [3.63, 3.8) is 0 Å². The maximum atomic E-state index is 11.5. The fourth-order valence-corrected chi connectivity index (χ4v) is 1.66. The molecule has 0 saturated carbocycles. The van der Waals surface area contributed by atoms with Crippen LogP contribution >= 0.6 is 11.6 Å². The van der Waals surface area contributed by atoms with Crippen LogP contribution in [0.25, 0.3) is 0 Å². The van der Waals surface area contributed by atoms with Crippen molar-refractivity contribution >= 4 is 29.2 Å². The van der Waals surface area contributed by atoms with E-state index in [9.17, 15) is 9.59 Å². The maximum absolute atomic E-state index is 11.5. The predicted octanol–water partition coefficient (Wildman–Crippen LogP) is 0.432. The van der Waals surface area contributed by atoms with Crippen LogP contribution in [0.4, 0.5) is 5.82 Å². The summed E-state index contributed by atoms with van der Waals surface area (Å²) in [4.78, 5) is 22.4. The summed E-state index contributed by atoms with van der Waals surface area (Å²) < 4.78 is 0. The van der Waals surface area contributed by atoms with Gasteiger partial charge in [-0.15, -0.1) is 16.7 Å². The van der Waals surface area contributed by atoms with Gasteiger partial charge in [0.05, 0.1) is 11.6 Å². The summed E-state index contributed by atoms with van der Waals surface area (Å²) in [6, 6.07) is 2.99. The van der Waals surface area contributed by atoms with Crippen LogP contribution in [0.15, 0.2) is 12.1 Å². The van der Waals surface area contributed by atoms with Gasteiger partial charge in [0.25, 0.3) is 0 Å². The summed E-state index contributed by atoms with van der Waals surface area (Å²) in [5.74, 6) is 0.223. The third kappa shape index (κ3) is 2.91. The second-order valence-electron chi connectivity index (χ2n) is 3.69. The standard InChI is InChI=1S/C10H11ClN4O2/c11-5-6-1-3-8(15-14-6)12-7-2-4-9(16)13-10(7)17/h1,3,7H,2,4-5H2,(H,12,15)(H,13,16,17). The molecule has 0 aromatic carbocycles. The molecule has 1 aliphatic heterocycles. The van der Waals surface area contributed by atoms with Crippen molar-refractivity contribution in [3.8, 4) is 0 Å². The number of imide groups is 1. The Labute approximate surface area is 103 Å². The van der Waals surface area contributed by atoms with Crippen molar-refractivity contribution in [2.75, 3.05) is 5.32 Å². The zero-order chi connectivity index (χ0) is 12.3. The quantitative estimate of drug-likeness (QED) is 0.604. The van der Waals surface area contributed by atoms with E-state index in [0.717, 1.165) is 0 Å². The monoisotopic (exact) mass is 254 g/mol. The van der Waals surface area contributed by atoms with E-state index in [2.05, 4.69) is 20.8 Å². The molecule has 2 N–H and O–H groups in total. The number of aromatic nitrogens is 2. The number of hydrogen-bond donors (Lipinski definition) is 2. The van der Waals surface area contributed by atoms with Crippen LogP contribution in [-0.2, 0) is 15.5 Å². The Morgan fingerprint density at radius 3 is 2.82 bits per heavy atom. The first-order valence-corrected chi connectivity index (χ1v) is 5.71. The van der Waals surface area contributed by atoms with E-state index in [1.807, 2.05) is 0 Å². The first kappa shape index (κ1) is 11.8. The van der Waals surface area contributed by atoms with Crippen molar-refractivity contribution in [3.05, 3.63) is 17.8 Å². The molecule has 2 amide bonds. The topological polar surface area (TPSA) is 84.0 Å². The van der Waals surface area contributed by atoms with Gasteiger partial charge in [-0.1, -0.05) is 0 Å². The Morgan fingerprint density at radius 2 is 2.24 bits per heavy atom. The number of amides is 2. The molecule has 1 fully saturated rings. The number of nitrogens with one attached hydrogen (secondary N) is 2. The number of anilines is 1. The molecule has 0 radical (unpaired) electrons. The molecule has 2 rings (SSSR count). The van der Waals surface area contributed by atoms with E-state index < -0.39 is 6.04 Å². The van der Waals surface area contributed by atoms with Gasteiger partial charge in [0.2, 0.25) is 11.8 Å². The van der Waals surface area contributed by atoms with E-state index in [4.69, 9.17) is 11.6 Å². The van der Waals surface area contributed by atoms with Crippen molar-refractivity contribution < 1.29 is 9.59 Å². The molecule has 1 unspecified atom stereocenters. The molecule has 90 valence electrons. The normalized spacial score (nSPS) is 19.9. The summed E-state index contributed by atoms with van der Waals surface area (Å²) in [5, 5.41) is 12.9. The lowest BCUT2D eigenvalue weighted by molar-refractivity contribution is -0.133. The van der Waals surface area contributed by atoms with Gasteiger partial charge in [0.15, 0.2) is 0 Å². The minimum atomic E-state index is -0.441. The molecular formula is C10H11ClN4O2. The Balaban J connectivity index is 2.00. The van der Waals surface area contributed by atoms with Gasteiger partial charge >= 0.3 is 0 Å². The van der Waals surface area contributed by atoms with Gasteiger partial charge in [0, 0.05) is 6.42 Å². The van der Waals surface area contributed by atoms with Gasteiger partial charge < -0.3 is 5.32 Å². The summed E-state index contributed by atoms with van der Waals surface area (Å²) >= 11 is 5.59. The number of rotatable bonds is 3. The third-order valence-corrected chi connectivity index (χ3v) is 2.69. The maximum Gasteiger partial charge on any atom is 0.249 e. The summed E-state index contributed by atoms with van der Waals surface area (Å²) in [5.41, 5.74) is 0.667. The van der Waals surface area contributed by atoms with Gasteiger partial charge in [-0.3, -0.25) is 14.9 Å². The van der Waals surface area contributed by atoms with E-state index in [-0.39, 0.29) is 11.8 Å². The number of alkyl halides is 1. The minimum Gasteiger partial charge on any atom is -0.357 e. The molecule has 2 heterocycles. The SMILES string of the molecule is O=C1CCC(Nc2ccc(CCl)nn2)C(=O)N1. The minimum absolute atomic E-state index is 0.239. The Bertz CT molecular complexity index is 434. The molecule has 7 heteroatoms. The van der Waals surface area contributed by atoms with Crippen LogP contribution in [0.2, 0.25) is 0 Å².